The number of aliphatic hydroxyl groups excluding tert-OH is 2. The number of rotatable bonds is 67. The zero-order valence-electron chi connectivity index (χ0n) is 59.0. The van der Waals surface area contributed by atoms with E-state index in [4.69, 9.17) is 22.9 Å². The third-order valence-electron chi connectivity index (χ3n) is 17.0. The van der Waals surface area contributed by atoms with Gasteiger partial charge in [0.1, 0.15) is 24.2 Å². The molecule has 94 heavy (non-hydrogen) atoms. The van der Waals surface area contributed by atoms with E-state index < -0.39 is 73.1 Å². The number of carbonyl (C=O) groups excluding carboxylic acids is 8. The summed E-state index contributed by atoms with van der Waals surface area (Å²) in [7, 11) is 0. The van der Waals surface area contributed by atoms with Gasteiger partial charge in [0.25, 0.3) is 0 Å². The second kappa shape index (κ2) is 65.3. The first-order chi connectivity index (χ1) is 45.7. The fourth-order valence-electron chi connectivity index (χ4n) is 10.9. The number of carbonyl (C=O) groups is 8. The molecule has 0 aromatic heterocycles. The van der Waals surface area contributed by atoms with Gasteiger partial charge in [-0.05, 0) is 154 Å². The van der Waals surface area contributed by atoms with Crippen molar-refractivity contribution in [2.75, 3.05) is 52.5 Å². The van der Waals surface area contributed by atoms with Crippen LogP contribution in [0.1, 0.15) is 296 Å². The van der Waals surface area contributed by atoms with Crippen LogP contribution in [0.4, 0.5) is 0 Å². The van der Waals surface area contributed by atoms with E-state index in [0.717, 1.165) is 89.9 Å². The van der Waals surface area contributed by atoms with E-state index in [2.05, 4.69) is 80.7 Å². The second-order valence-corrected chi connectivity index (χ2v) is 25.7. The van der Waals surface area contributed by atoms with E-state index >= 15 is 0 Å². The van der Waals surface area contributed by atoms with Crippen LogP contribution in [0, 0.1) is 0 Å². The molecule has 0 spiro atoms. The zero-order chi connectivity index (χ0) is 69.3. The number of nitrogens with two attached hydrogens (primary N) is 4. The number of hydrogen-bond acceptors (Lipinski definition) is 14. The van der Waals surface area contributed by atoms with Crippen molar-refractivity contribution in [3.05, 3.63) is 24.3 Å². The molecule has 8 amide bonds. The molecule has 0 heterocycles. The lowest BCUT2D eigenvalue weighted by atomic mass is 10.1. The number of unbranched alkanes of at least 4 members (excludes halogenated alkanes) is 29. The minimum absolute atomic E-state index is 0.176. The van der Waals surface area contributed by atoms with Crippen molar-refractivity contribution in [2.24, 2.45) is 22.9 Å². The summed E-state index contributed by atoms with van der Waals surface area (Å²) in [6.45, 7) is 5.58. The van der Waals surface area contributed by atoms with Crippen LogP contribution in [0.3, 0.4) is 0 Å². The molecule has 18 N–H and O–H groups in total. The highest BCUT2D eigenvalue weighted by atomic mass is 16.3. The maximum atomic E-state index is 13.5. The van der Waals surface area contributed by atoms with Gasteiger partial charge in [0.15, 0.2) is 0 Å². The molecule has 0 rings (SSSR count). The summed E-state index contributed by atoms with van der Waals surface area (Å²) in [5, 5.41) is 42.3. The van der Waals surface area contributed by atoms with Gasteiger partial charge >= 0.3 is 0 Å². The molecule has 0 aliphatic carbocycles. The van der Waals surface area contributed by atoms with Crippen LogP contribution in [-0.2, 0) is 38.4 Å². The van der Waals surface area contributed by atoms with Crippen LogP contribution >= 0.6 is 0 Å². The summed E-state index contributed by atoms with van der Waals surface area (Å²) in [4.78, 5) is 105. The molecular formula is C72H138N12O10. The highest BCUT2D eigenvalue weighted by Crippen LogP contribution is 2.14. The largest absolute Gasteiger partial charge is 0.394 e. The number of hydrogen-bond donors (Lipinski definition) is 14. The molecule has 22 heteroatoms. The van der Waals surface area contributed by atoms with Gasteiger partial charge in [-0.25, -0.2) is 0 Å². The van der Waals surface area contributed by atoms with E-state index in [1.165, 1.54) is 89.9 Å². The average Bonchev–Trinajstić information content (AvgIpc) is 3.76. The van der Waals surface area contributed by atoms with Crippen molar-refractivity contribution in [2.45, 2.75) is 333 Å². The third kappa shape index (κ3) is 53.2. The van der Waals surface area contributed by atoms with Crippen molar-refractivity contribution >= 4 is 47.3 Å². The molecule has 0 aromatic carbocycles. The van der Waals surface area contributed by atoms with Crippen LogP contribution in [0.5, 0.6) is 0 Å². The average molecular weight is 1330 g/mol. The quantitative estimate of drug-likeness (QED) is 0.0201. The first kappa shape index (κ1) is 89.0. The maximum Gasteiger partial charge on any atom is 0.245 e. The highest BCUT2D eigenvalue weighted by Gasteiger charge is 2.29. The van der Waals surface area contributed by atoms with Gasteiger partial charge in [0.2, 0.25) is 47.3 Å². The molecule has 6 atom stereocenters. The molecule has 0 fully saturated rings. The molecule has 546 valence electrons. The number of allylic oxidation sites excluding steroid dienone is 4. The van der Waals surface area contributed by atoms with E-state index in [9.17, 15) is 48.6 Å². The first-order valence-electron chi connectivity index (χ1n) is 37.4. The van der Waals surface area contributed by atoms with Crippen molar-refractivity contribution in [3.63, 3.8) is 0 Å². The van der Waals surface area contributed by atoms with Gasteiger partial charge in [-0.1, -0.05) is 167 Å². The van der Waals surface area contributed by atoms with Gasteiger partial charge in [-0.2, -0.15) is 0 Å². The van der Waals surface area contributed by atoms with Gasteiger partial charge < -0.3 is 75.7 Å². The number of aliphatic hydroxyl groups is 2. The van der Waals surface area contributed by atoms with Crippen molar-refractivity contribution < 1.29 is 48.6 Å². The molecule has 0 saturated carbocycles. The maximum absolute atomic E-state index is 13.5. The van der Waals surface area contributed by atoms with Crippen LogP contribution in [0.15, 0.2) is 24.3 Å². The van der Waals surface area contributed by atoms with Gasteiger partial charge in [-0.3, -0.25) is 38.4 Å². The minimum atomic E-state index is -1.31. The lowest BCUT2D eigenvalue weighted by Crippen LogP contribution is -2.57. The van der Waals surface area contributed by atoms with E-state index in [1.54, 1.807) is 0 Å². The van der Waals surface area contributed by atoms with Crippen molar-refractivity contribution in [3.8, 4) is 0 Å². The molecule has 0 aliphatic rings. The Balaban J connectivity index is 5.06. The van der Waals surface area contributed by atoms with Crippen molar-refractivity contribution in [1.82, 2.24) is 42.5 Å². The van der Waals surface area contributed by atoms with Gasteiger partial charge in [0, 0.05) is 39.0 Å². The summed E-state index contributed by atoms with van der Waals surface area (Å²) in [5.74, 6) is -3.67. The molecule has 0 aromatic rings. The topological polar surface area (TPSA) is 377 Å². The molecule has 0 saturated heterocycles. The van der Waals surface area contributed by atoms with Crippen LogP contribution in [0.25, 0.3) is 0 Å². The van der Waals surface area contributed by atoms with Gasteiger partial charge in [-0.15, -0.1) is 0 Å². The SMILES string of the molecule is CCCCCCCC/C=C\CCCCCCCCNC(=O)C(CCCCNC(=O)CCCCC(=O)NCCCCC(NC(=O)C(CO)NC(=O)C(N)CCCCN)C(=O)NCCCCCCCC/C=C\CCCCCCCC)NC(=O)C(CO)NC(=O)C(N)CCCCN. The summed E-state index contributed by atoms with van der Waals surface area (Å²) in [5.41, 5.74) is 23.2. The van der Waals surface area contributed by atoms with Crippen molar-refractivity contribution in [1.29, 1.82) is 0 Å². The Labute approximate surface area is 568 Å². The Kier molecular flexibility index (Phi) is 61.8. The van der Waals surface area contributed by atoms with E-state index in [1.807, 2.05) is 0 Å². The Morgan fingerprint density at radius 3 is 0.904 bits per heavy atom. The second-order valence-electron chi connectivity index (χ2n) is 25.7. The number of nitrogens with one attached hydrogen (secondary N) is 8. The molecule has 6 unspecified atom stereocenters. The van der Waals surface area contributed by atoms with Crippen LogP contribution in [0.2, 0.25) is 0 Å². The van der Waals surface area contributed by atoms with E-state index in [0.29, 0.717) is 116 Å². The van der Waals surface area contributed by atoms with E-state index in [-0.39, 0.29) is 49.3 Å². The molecule has 0 radical (unpaired) electrons. The Bertz CT molecular complexity index is 1850. The lowest BCUT2D eigenvalue weighted by Gasteiger charge is -2.23. The summed E-state index contributed by atoms with van der Waals surface area (Å²) < 4.78 is 0. The Morgan fingerprint density at radius 1 is 0.309 bits per heavy atom. The predicted molar refractivity (Wildman–Crippen MR) is 381 cm³/mol. The Morgan fingerprint density at radius 2 is 0.585 bits per heavy atom. The molecular weight excluding hydrogens is 1190 g/mol. The fraction of sp³-hybridized carbons (Fsp3) is 0.833. The van der Waals surface area contributed by atoms with Crippen LogP contribution < -0.4 is 65.5 Å². The highest BCUT2D eigenvalue weighted by molar-refractivity contribution is 5.94. The Hall–Kier alpha value is -5.00. The molecule has 0 bridgehead atoms. The number of amides is 8. The minimum Gasteiger partial charge on any atom is -0.394 e. The predicted octanol–water partition coefficient (Wildman–Crippen LogP) is 8.26. The summed E-state index contributed by atoms with van der Waals surface area (Å²) >= 11 is 0. The third-order valence-corrected chi connectivity index (χ3v) is 17.0. The normalized spacial score (nSPS) is 13.4. The summed E-state index contributed by atoms with van der Waals surface area (Å²) in [6.07, 6.45) is 49.4. The zero-order valence-corrected chi connectivity index (χ0v) is 59.0. The van der Waals surface area contributed by atoms with Gasteiger partial charge in [0.05, 0.1) is 25.3 Å². The van der Waals surface area contributed by atoms with Crippen LogP contribution in [-0.4, -0.2) is 146 Å². The monoisotopic (exact) mass is 1330 g/mol. The lowest BCUT2D eigenvalue weighted by molar-refractivity contribution is -0.133. The molecule has 0 aliphatic heterocycles. The standard InChI is InChI=1S/C72H138N12O10/c1-3-5-7-9-11-13-15-17-19-21-23-25-27-29-31-41-55-79-69(91)61(81-71(93)63(57-85)83-67(89)59(75)45-35-39-51-73)47-37-43-53-77-65(87)49-33-34-50-66(88)78-54-44-38-48-62(82-72(94)64(58-86)84-68(90)60(76)46-36-40-52-74)70(92)80-56-42-32-30-28-26-24-22-20-18-16-14-12-10-8-6-4-2/h17-20,59-64,85-86H,3-16,21-58,73-76H2,1-2H3,(H,77,87)(H,78,88)(H,79,91)(H,80,92)(H,81,93)(H,82,94)(H,83,89)(H,84,90)/b19-17-,20-18-. The molecule has 22 nitrogen and oxygen atoms in total. The summed E-state index contributed by atoms with van der Waals surface area (Å²) in [6, 6.07) is -6.28. The first-order valence-corrected chi connectivity index (χ1v) is 37.4. The fourth-order valence-corrected chi connectivity index (χ4v) is 10.9. The smallest absolute Gasteiger partial charge is 0.245 e.